The predicted octanol–water partition coefficient (Wildman–Crippen LogP) is 3.89. The summed E-state index contributed by atoms with van der Waals surface area (Å²) in [5, 5.41) is 8.55. The maximum atomic E-state index is 13.1. The minimum atomic E-state index is -0.251. The quantitative estimate of drug-likeness (QED) is 0.698. The lowest BCUT2D eigenvalue weighted by Crippen LogP contribution is -2.26. The molecule has 0 bridgehead atoms. The van der Waals surface area contributed by atoms with Crippen molar-refractivity contribution in [3.63, 3.8) is 0 Å². The molecule has 1 atom stereocenters. The highest BCUT2D eigenvalue weighted by Gasteiger charge is 2.18. The monoisotopic (exact) mass is 387 g/mol. The van der Waals surface area contributed by atoms with Crippen LogP contribution in [0.15, 0.2) is 30.3 Å². The number of aromatic nitrogens is 2. The molecule has 1 amide bonds. The van der Waals surface area contributed by atoms with Crippen LogP contribution in [-0.2, 0) is 11.3 Å². The fraction of sp³-hybridized carbons (Fsp3) is 0.400. The van der Waals surface area contributed by atoms with E-state index in [0.717, 1.165) is 47.3 Å². The number of carbonyl (C=O) groups is 1. The van der Waals surface area contributed by atoms with Gasteiger partial charge in [0, 0.05) is 18.5 Å². The van der Waals surface area contributed by atoms with Crippen LogP contribution in [0.4, 0.5) is 4.39 Å². The Balaban J connectivity index is 1.46. The second kappa shape index (κ2) is 7.78. The Morgan fingerprint density at radius 2 is 2.22 bits per heavy atom. The molecule has 3 aromatic rings. The Morgan fingerprint density at radius 1 is 1.41 bits per heavy atom. The number of halogens is 1. The van der Waals surface area contributed by atoms with Gasteiger partial charge in [-0.1, -0.05) is 12.1 Å². The SMILES string of the molecule is Cc1nn(Cc2ccc(F)cc2)c2sc(C(=O)NCC[C@@H]3CCCO3)cc12. The van der Waals surface area contributed by atoms with E-state index in [1.54, 1.807) is 12.1 Å². The van der Waals surface area contributed by atoms with Crippen LogP contribution in [0, 0.1) is 12.7 Å². The molecular formula is C20H22FN3O2S. The van der Waals surface area contributed by atoms with Gasteiger partial charge in [-0.25, -0.2) is 4.39 Å². The van der Waals surface area contributed by atoms with Crippen molar-refractivity contribution in [2.75, 3.05) is 13.2 Å². The van der Waals surface area contributed by atoms with Crippen LogP contribution < -0.4 is 5.32 Å². The fourth-order valence-corrected chi connectivity index (χ4v) is 4.48. The summed E-state index contributed by atoms with van der Waals surface area (Å²) in [5.41, 5.74) is 1.86. The predicted molar refractivity (Wildman–Crippen MR) is 104 cm³/mol. The second-order valence-corrected chi connectivity index (χ2v) is 7.91. The van der Waals surface area contributed by atoms with Gasteiger partial charge in [-0.2, -0.15) is 5.10 Å². The summed E-state index contributed by atoms with van der Waals surface area (Å²) in [6.07, 6.45) is 3.32. The van der Waals surface area contributed by atoms with Crippen LogP contribution in [0.5, 0.6) is 0 Å². The zero-order valence-corrected chi connectivity index (χ0v) is 16.0. The number of aryl methyl sites for hydroxylation is 1. The van der Waals surface area contributed by atoms with Crippen molar-refractivity contribution in [3.05, 3.63) is 52.3 Å². The molecule has 1 aromatic carbocycles. The molecule has 0 spiro atoms. The Hall–Kier alpha value is -2.25. The summed E-state index contributed by atoms with van der Waals surface area (Å²) in [7, 11) is 0. The van der Waals surface area contributed by atoms with Crippen molar-refractivity contribution in [1.29, 1.82) is 0 Å². The van der Waals surface area contributed by atoms with E-state index in [9.17, 15) is 9.18 Å². The minimum absolute atomic E-state index is 0.0538. The maximum absolute atomic E-state index is 13.1. The van der Waals surface area contributed by atoms with E-state index in [4.69, 9.17) is 4.74 Å². The molecule has 0 unspecified atom stereocenters. The van der Waals surface area contributed by atoms with Crippen molar-refractivity contribution >= 4 is 27.5 Å². The molecule has 1 fully saturated rings. The average molecular weight is 387 g/mol. The minimum Gasteiger partial charge on any atom is -0.378 e. The van der Waals surface area contributed by atoms with Crippen molar-refractivity contribution in [2.24, 2.45) is 0 Å². The summed E-state index contributed by atoms with van der Waals surface area (Å²) >= 11 is 1.44. The number of ether oxygens (including phenoxy) is 1. The molecule has 142 valence electrons. The number of benzene rings is 1. The molecule has 7 heteroatoms. The molecule has 1 aliphatic heterocycles. The van der Waals surface area contributed by atoms with Crippen LogP contribution in [-0.4, -0.2) is 34.9 Å². The Labute approximate surface area is 161 Å². The van der Waals surface area contributed by atoms with Gasteiger partial charge >= 0.3 is 0 Å². The lowest BCUT2D eigenvalue weighted by Gasteiger charge is -2.09. The largest absolute Gasteiger partial charge is 0.378 e. The summed E-state index contributed by atoms with van der Waals surface area (Å²) in [4.78, 5) is 14.1. The standard InChI is InChI=1S/C20H22FN3O2S/c1-13-17-11-18(19(25)22-9-8-16-3-2-10-26-16)27-20(17)24(23-13)12-14-4-6-15(21)7-5-14/h4-7,11,16H,2-3,8-10,12H2,1H3,(H,22,25)/t16-/m0/s1. The van der Waals surface area contributed by atoms with Gasteiger partial charge in [0.2, 0.25) is 0 Å². The number of fused-ring (bicyclic) bond motifs is 1. The number of amides is 1. The van der Waals surface area contributed by atoms with Crippen molar-refractivity contribution in [2.45, 2.75) is 38.8 Å². The van der Waals surface area contributed by atoms with E-state index in [-0.39, 0.29) is 17.8 Å². The molecule has 0 radical (unpaired) electrons. The number of hydrogen-bond acceptors (Lipinski definition) is 4. The zero-order valence-electron chi connectivity index (χ0n) is 15.2. The molecule has 4 rings (SSSR count). The van der Waals surface area contributed by atoms with Crippen molar-refractivity contribution in [1.82, 2.24) is 15.1 Å². The van der Waals surface area contributed by atoms with Crippen LogP contribution in [0.2, 0.25) is 0 Å². The number of hydrogen-bond donors (Lipinski definition) is 1. The van der Waals surface area contributed by atoms with Gasteiger partial charge in [0.05, 0.1) is 23.2 Å². The van der Waals surface area contributed by atoms with Crippen LogP contribution >= 0.6 is 11.3 Å². The summed E-state index contributed by atoms with van der Waals surface area (Å²) in [5.74, 6) is -0.305. The normalized spacial score (nSPS) is 16.9. The van der Waals surface area contributed by atoms with E-state index in [1.165, 1.54) is 23.5 Å². The Morgan fingerprint density at radius 3 is 2.96 bits per heavy atom. The van der Waals surface area contributed by atoms with Gasteiger partial charge in [-0.15, -0.1) is 11.3 Å². The van der Waals surface area contributed by atoms with E-state index in [0.29, 0.717) is 18.0 Å². The molecule has 27 heavy (non-hydrogen) atoms. The lowest BCUT2D eigenvalue weighted by atomic mass is 10.2. The summed E-state index contributed by atoms with van der Waals surface area (Å²) in [6, 6.07) is 8.31. The first kappa shape index (κ1) is 18.1. The number of rotatable bonds is 6. The summed E-state index contributed by atoms with van der Waals surface area (Å²) < 4.78 is 20.6. The summed E-state index contributed by atoms with van der Waals surface area (Å²) in [6.45, 7) is 3.94. The van der Waals surface area contributed by atoms with Gasteiger partial charge in [0.1, 0.15) is 10.6 Å². The maximum Gasteiger partial charge on any atom is 0.261 e. The highest BCUT2D eigenvalue weighted by molar-refractivity contribution is 7.20. The Kier molecular flexibility index (Phi) is 5.22. The van der Waals surface area contributed by atoms with E-state index in [1.807, 2.05) is 17.7 Å². The number of nitrogens with one attached hydrogen (secondary N) is 1. The lowest BCUT2D eigenvalue weighted by molar-refractivity contribution is 0.0910. The van der Waals surface area contributed by atoms with Gasteiger partial charge in [-0.05, 0) is 49.9 Å². The first-order valence-corrected chi connectivity index (χ1v) is 10.0. The highest BCUT2D eigenvalue weighted by atomic mass is 32.1. The molecule has 3 heterocycles. The molecule has 5 nitrogen and oxygen atoms in total. The average Bonchev–Trinajstić information content (AvgIpc) is 3.37. The van der Waals surface area contributed by atoms with Gasteiger partial charge in [0.25, 0.3) is 5.91 Å². The van der Waals surface area contributed by atoms with Gasteiger partial charge in [0.15, 0.2) is 0 Å². The molecule has 2 aromatic heterocycles. The van der Waals surface area contributed by atoms with Gasteiger partial charge in [-0.3, -0.25) is 9.48 Å². The van der Waals surface area contributed by atoms with Crippen molar-refractivity contribution in [3.8, 4) is 0 Å². The number of thiophene rings is 1. The zero-order chi connectivity index (χ0) is 18.8. The second-order valence-electron chi connectivity index (χ2n) is 6.88. The first-order valence-electron chi connectivity index (χ1n) is 9.21. The molecular weight excluding hydrogens is 365 g/mol. The fourth-order valence-electron chi connectivity index (χ4n) is 3.40. The topological polar surface area (TPSA) is 56.2 Å². The molecule has 0 aliphatic carbocycles. The third kappa shape index (κ3) is 4.04. The van der Waals surface area contributed by atoms with E-state index in [2.05, 4.69) is 10.4 Å². The van der Waals surface area contributed by atoms with Crippen LogP contribution in [0.1, 0.15) is 40.2 Å². The molecule has 1 saturated heterocycles. The molecule has 1 aliphatic rings. The van der Waals surface area contributed by atoms with Crippen LogP contribution in [0.25, 0.3) is 10.2 Å². The number of nitrogens with zero attached hydrogens (tertiary/aromatic N) is 2. The highest BCUT2D eigenvalue weighted by Crippen LogP contribution is 2.29. The third-order valence-electron chi connectivity index (χ3n) is 4.85. The molecule has 0 saturated carbocycles. The van der Waals surface area contributed by atoms with E-state index < -0.39 is 0 Å². The smallest absolute Gasteiger partial charge is 0.261 e. The molecule has 1 N–H and O–H groups in total. The van der Waals surface area contributed by atoms with E-state index >= 15 is 0 Å². The third-order valence-corrected chi connectivity index (χ3v) is 6.00. The first-order chi connectivity index (χ1) is 13.1. The number of carbonyl (C=O) groups excluding carboxylic acids is 1. The van der Waals surface area contributed by atoms with Crippen molar-refractivity contribution < 1.29 is 13.9 Å². The van der Waals surface area contributed by atoms with Crippen LogP contribution in [0.3, 0.4) is 0 Å². The Bertz CT molecular complexity index is 942. The van der Waals surface area contributed by atoms with Gasteiger partial charge < -0.3 is 10.1 Å².